The van der Waals surface area contributed by atoms with Crippen molar-refractivity contribution in [3.8, 4) is 0 Å². The van der Waals surface area contributed by atoms with Crippen LogP contribution in [0.25, 0.3) is 0 Å². The van der Waals surface area contributed by atoms with Crippen LogP contribution in [-0.4, -0.2) is 43.9 Å². The summed E-state index contributed by atoms with van der Waals surface area (Å²) in [6.07, 6.45) is 3.19. The van der Waals surface area contributed by atoms with E-state index in [4.69, 9.17) is 0 Å². The number of benzene rings is 1. The smallest absolute Gasteiger partial charge is 0.152 e. The Kier molecular flexibility index (Phi) is 4.99. The summed E-state index contributed by atoms with van der Waals surface area (Å²) in [5, 5.41) is 0. The molecule has 2 rings (SSSR count). The molecule has 4 heteroatoms. The fourth-order valence-electron chi connectivity index (χ4n) is 2.78. The maximum atomic E-state index is 11.3. The largest absolute Gasteiger partial charge is 0.367 e. The quantitative estimate of drug-likeness (QED) is 0.798. The van der Waals surface area contributed by atoms with Crippen molar-refractivity contribution < 1.29 is 4.79 Å². The van der Waals surface area contributed by atoms with Crippen molar-refractivity contribution in [1.29, 1.82) is 0 Å². The Hall–Kier alpha value is -0.870. The van der Waals surface area contributed by atoms with Crippen molar-refractivity contribution >= 4 is 27.9 Å². The second-order valence-corrected chi connectivity index (χ2v) is 6.11. The van der Waals surface area contributed by atoms with Gasteiger partial charge in [-0.25, -0.2) is 0 Å². The summed E-state index contributed by atoms with van der Waals surface area (Å²) in [5.41, 5.74) is 1.85. The third kappa shape index (κ3) is 3.37. The number of carbonyl (C=O) groups is 1. The van der Waals surface area contributed by atoms with E-state index < -0.39 is 0 Å². The topological polar surface area (TPSA) is 23.6 Å². The monoisotopic (exact) mass is 324 g/mol. The Bertz CT molecular complexity index is 450. The molecule has 1 aromatic rings. The number of nitrogens with zero attached hydrogens (tertiary/aromatic N) is 2. The molecule has 1 aliphatic heterocycles. The normalized spacial score (nSPS) is 21.2. The van der Waals surface area contributed by atoms with Crippen LogP contribution < -0.4 is 4.90 Å². The second-order valence-electron chi connectivity index (χ2n) is 5.19. The lowest BCUT2D eigenvalue weighted by Crippen LogP contribution is -2.40. The van der Waals surface area contributed by atoms with E-state index in [1.807, 2.05) is 12.1 Å². The number of hydrogen-bond donors (Lipinski definition) is 0. The van der Waals surface area contributed by atoms with Gasteiger partial charge < -0.3 is 9.80 Å². The van der Waals surface area contributed by atoms with Crippen LogP contribution in [0.4, 0.5) is 5.69 Å². The zero-order chi connectivity index (χ0) is 13.8. The van der Waals surface area contributed by atoms with Crippen LogP contribution in [0.1, 0.15) is 30.1 Å². The van der Waals surface area contributed by atoms with Crippen LogP contribution in [0.2, 0.25) is 0 Å². The summed E-state index contributed by atoms with van der Waals surface area (Å²) >= 11 is 3.51. The minimum atomic E-state index is 0.473. The average Bonchev–Trinajstić information content (AvgIpc) is 2.60. The first-order valence-corrected chi connectivity index (χ1v) is 7.65. The number of aldehydes is 1. The predicted octanol–water partition coefficient (Wildman–Crippen LogP) is 3.18. The third-order valence-corrected chi connectivity index (χ3v) is 4.30. The standard InChI is InChI=1S/C15H21BrN2O/c1-3-14-10-17(2)7-4-8-18(14)15-9-13(16)6-5-12(15)11-19/h5-6,9,11,14H,3-4,7-8,10H2,1-2H3. The van der Waals surface area contributed by atoms with Crippen LogP contribution in [0, 0.1) is 0 Å². The first-order chi connectivity index (χ1) is 9.15. The fourth-order valence-corrected chi connectivity index (χ4v) is 3.12. The average molecular weight is 325 g/mol. The molecule has 0 N–H and O–H groups in total. The van der Waals surface area contributed by atoms with E-state index in [1.54, 1.807) is 0 Å². The van der Waals surface area contributed by atoms with E-state index >= 15 is 0 Å². The van der Waals surface area contributed by atoms with Crippen LogP contribution in [0.3, 0.4) is 0 Å². The summed E-state index contributed by atoms with van der Waals surface area (Å²) in [7, 11) is 2.17. The minimum Gasteiger partial charge on any atom is -0.367 e. The number of anilines is 1. The molecule has 104 valence electrons. The zero-order valence-electron chi connectivity index (χ0n) is 11.6. The highest BCUT2D eigenvalue weighted by Gasteiger charge is 2.24. The SMILES string of the molecule is CCC1CN(C)CCCN1c1cc(Br)ccc1C=O. The van der Waals surface area contributed by atoms with Gasteiger partial charge >= 0.3 is 0 Å². The summed E-state index contributed by atoms with van der Waals surface area (Å²) in [6.45, 7) is 5.41. The number of halogens is 1. The molecule has 0 amide bonds. The molecule has 0 radical (unpaired) electrons. The molecule has 0 bridgehead atoms. The van der Waals surface area contributed by atoms with Crippen molar-refractivity contribution in [2.45, 2.75) is 25.8 Å². The number of hydrogen-bond acceptors (Lipinski definition) is 3. The van der Waals surface area contributed by atoms with Gasteiger partial charge in [-0.3, -0.25) is 4.79 Å². The van der Waals surface area contributed by atoms with Gasteiger partial charge in [0.25, 0.3) is 0 Å². The van der Waals surface area contributed by atoms with Gasteiger partial charge in [0.2, 0.25) is 0 Å². The number of carbonyl (C=O) groups excluding carboxylic acids is 1. The van der Waals surface area contributed by atoms with Gasteiger partial charge in [-0.05, 0) is 44.6 Å². The van der Waals surface area contributed by atoms with Crippen LogP contribution in [0.15, 0.2) is 22.7 Å². The molecule has 1 unspecified atom stereocenters. The molecule has 1 atom stereocenters. The van der Waals surface area contributed by atoms with Gasteiger partial charge in [0.1, 0.15) is 0 Å². The van der Waals surface area contributed by atoms with E-state index in [9.17, 15) is 4.79 Å². The fraction of sp³-hybridized carbons (Fsp3) is 0.533. The van der Waals surface area contributed by atoms with Crippen molar-refractivity contribution in [2.24, 2.45) is 0 Å². The van der Waals surface area contributed by atoms with E-state index in [2.05, 4.69) is 45.8 Å². The highest BCUT2D eigenvalue weighted by atomic mass is 79.9. The summed E-state index contributed by atoms with van der Waals surface area (Å²) in [4.78, 5) is 16.1. The van der Waals surface area contributed by atoms with Crippen LogP contribution in [0.5, 0.6) is 0 Å². The van der Waals surface area contributed by atoms with Gasteiger partial charge in [0.05, 0.1) is 0 Å². The van der Waals surface area contributed by atoms with Crippen molar-refractivity contribution in [3.05, 3.63) is 28.2 Å². The van der Waals surface area contributed by atoms with E-state index in [-0.39, 0.29) is 0 Å². The molecular weight excluding hydrogens is 304 g/mol. The molecule has 3 nitrogen and oxygen atoms in total. The van der Waals surface area contributed by atoms with Crippen LogP contribution in [-0.2, 0) is 0 Å². The lowest BCUT2D eigenvalue weighted by atomic mass is 10.1. The summed E-state index contributed by atoms with van der Waals surface area (Å²) in [5.74, 6) is 0. The van der Waals surface area contributed by atoms with Gasteiger partial charge in [0.15, 0.2) is 6.29 Å². The van der Waals surface area contributed by atoms with E-state index in [1.165, 1.54) is 0 Å². The van der Waals surface area contributed by atoms with Crippen molar-refractivity contribution in [2.75, 3.05) is 31.6 Å². The minimum absolute atomic E-state index is 0.473. The molecule has 1 fully saturated rings. The van der Waals surface area contributed by atoms with Crippen LogP contribution >= 0.6 is 15.9 Å². The Morgan fingerprint density at radius 1 is 1.42 bits per heavy atom. The van der Waals surface area contributed by atoms with Crippen molar-refractivity contribution in [3.63, 3.8) is 0 Å². The molecule has 0 spiro atoms. The Morgan fingerprint density at radius 3 is 2.89 bits per heavy atom. The molecule has 0 aromatic heterocycles. The van der Waals surface area contributed by atoms with Gasteiger partial charge in [-0.1, -0.05) is 22.9 Å². The molecule has 0 saturated carbocycles. The molecule has 1 aromatic carbocycles. The van der Waals surface area contributed by atoms with Gasteiger partial charge in [-0.15, -0.1) is 0 Å². The Balaban J connectivity index is 2.36. The van der Waals surface area contributed by atoms with Crippen molar-refractivity contribution in [1.82, 2.24) is 4.90 Å². The molecule has 1 aliphatic rings. The van der Waals surface area contributed by atoms with Gasteiger partial charge in [-0.2, -0.15) is 0 Å². The summed E-state index contributed by atoms with van der Waals surface area (Å²) < 4.78 is 1.03. The molecule has 19 heavy (non-hydrogen) atoms. The van der Waals surface area contributed by atoms with E-state index in [0.29, 0.717) is 6.04 Å². The maximum Gasteiger partial charge on any atom is 0.152 e. The molecule has 1 saturated heterocycles. The first kappa shape index (κ1) is 14.5. The third-order valence-electron chi connectivity index (χ3n) is 3.80. The summed E-state index contributed by atoms with van der Waals surface area (Å²) in [6, 6.07) is 6.37. The molecule has 1 heterocycles. The Morgan fingerprint density at radius 2 is 2.21 bits per heavy atom. The number of rotatable bonds is 3. The predicted molar refractivity (Wildman–Crippen MR) is 83.1 cm³/mol. The molecular formula is C15H21BrN2O. The van der Waals surface area contributed by atoms with Gasteiger partial charge in [0, 0.05) is 34.9 Å². The second kappa shape index (κ2) is 6.53. The van der Waals surface area contributed by atoms with E-state index in [0.717, 1.165) is 54.5 Å². The number of likely N-dealkylation sites (N-methyl/N-ethyl adjacent to an activating group) is 1. The lowest BCUT2D eigenvalue weighted by Gasteiger charge is -2.33. The first-order valence-electron chi connectivity index (χ1n) is 6.85. The lowest BCUT2D eigenvalue weighted by molar-refractivity contribution is 0.112. The highest BCUT2D eigenvalue weighted by Crippen LogP contribution is 2.28. The maximum absolute atomic E-state index is 11.3. The Labute approximate surface area is 123 Å². The highest BCUT2D eigenvalue weighted by molar-refractivity contribution is 9.10. The molecule has 0 aliphatic carbocycles. The zero-order valence-corrected chi connectivity index (χ0v) is 13.2.